The Labute approximate surface area is 154 Å². The summed E-state index contributed by atoms with van der Waals surface area (Å²) in [6.07, 6.45) is 7.68. The number of para-hydroxylation sites is 2. The third-order valence-corrected chi connectivity index (χ3v) is 5.47. The lowest BCUT2D eigenvalue weighted by atomic mass is 9.81. The molecule has 0 bridgehead atoms. The fourth-order valence-electron chi connectivity index (χ4n) is 2.80. The Morgan fingerprint density at radius 3 is 2.68 bits per heavy atom. The normalized spacial score (nSPS) is 13.5. The molecule has 5 heteroatoms. The van der Waals surface area contributed by atoms with Crippen LogP contribution < -0.4 is 0 Å². The van der Waals surface area contributed by atoms with Gasteiger partial charge in [-0.1, -0.05) is 41.8 Å². The summed E-state index contributed by atoms with van der Waals surface area (Å²) in [7, 11) is 0. The highest BCUT2D eigenvalue weighted by atomic mass is 35.5. The molecule has 1 unspecified atom stereocenters. The molecule has 0 fully saturated rings. The van der Waals surface area contributed by atoms with E-state index in [9.17, 15) is 0 Å². The molecule has 3 nitrogen and oxygen atoms in total. The first-order chi connectivity index (χ1) is 12.1. The van der Waals surface area contributed by atoms with Crippen molar-refractivity contribution in [2.24, 2.45) is 0 Å². The molecule has 4 rings (SSSR count). The summed E-state index contributed by atoms with van der Waals surface area (Å²) < 4.78 is 1.99. The number of benzene rings is 2. The highest BCUT2D eigenvalue weighted by molar-refractivity contribution is 7.12. The predicted molar refractivity (Wildman–Crippen MR) is 103 cm³/mol. The van der Waals surface area contributed by atoms with Crippen LogP contribution in [0.25, 0.3) is 16.2 Å². The molecule has 4 aromatic rings. The number of halogens is 1. The lowest BCUT2D eigenvalue weighted by Gasteiger charge is -2.22. The second-order valence-corrected chi connectivity index (χ2v) is 7.17. The minimum atomic E-state index is -0.615. The zero-order valence-electron chi connectivity index (χ0n) is 13.5. The first kappa shape index (κ1) is 15.9. The quantitative estimate of drug-likeness (QED) is 0.475. The van der Waals surface area contributed by atoms with Crippen molar-refractivity contribution in [3.8, 4) is 17.5 Å². The van der Waals surface area contributed by atoms with Crippen molar-refractivity contribution in [2.75, 3.05) is 0 Å². The van der Waals surface area contributed by atoms with Crippen molar-refractivity contribution in [3.63, 3.8) is 0 Å². The summed E-state index contributed by atoms with van der Waals surface area (Å²) in [4.78, 5) is 9.24. The molecular weight excluding hydrogens is 350 g/mol. The average Bonchev–Trinajstić information content (AvgIpc) is 3.28. The van der Waals surface area contributed by atoms with Gasteiger partial charge < -0.3 is 0 Å². The lowest BCUT2D eigenvalue weighted by molar-refractivity contribution is 0.725. The van der Waals surface area contributed by atoms with Gasteiger partial charge in [-0.05, 0) is 36.8 Å². The van der Waals surface area contributed by atoms with Crippen LogP contribution in [-0.4, -0.2) is 14.5 Å². The standard InChI is InChI=1S/C20H14ClN3S/c1-3-20(2,14-8-10-15(21)11-9-14)18-12-25-19(23-18)24-13-22-16-6-4-5-7-17(16)24/h1,4-13H,2H3. The number of rotatable bonds is 3. The smallest absolute Gasteiger partial charge is 0.195 e. The van der Waals surface area contributed by atoms with Gasteiger partial charge in [0.25, 0.3) is 0 Å². The first-order valence-electron chi connectivity index (χ1n) is 7.74. The van der Waals surface area contributed by atoms with E-state index in [2.05, 4.69) is 10.9 Å². The Kier molecular flexibility index (Phi) is 3.84. The van der Waals surface area contributed by atoms with Gasteiger partial charge in [-0.15, -0.1) is 17.8 Å². The van der Waals surface area contributed by atoms with Crippen LogP contribution in [0, 0.1) is 12.3 Å². The number of terminal acetylenes is 1. The fourth-order valence-corrected chi connectivity index (χ4v) is 3.85. The number of thiazole rings is 1. The van der Waals surface area contributed by atoms with Crippen LogP contribution >= 0.6 is 22.9 Å². The number of aromatic nitrogens is 3. The first-order valence-corrected chi connectivity index (χ1v) is 9.00. The van der Waals surface area contributed by atoms with Crippen LogP contribution in [-0.2, 0) is 5.41 Å². The average molecular weight is 364 g/mol. The number of fused-ring (bicyclic) bond motifs is 1. The van der Waals surface area contributed by atoms with E-state index in [0.717, 1.165) is 27.4 Å². The summed E-state index contributed by atoms with van der Waals surface area (Å²) in [6.45, 7) is 2.00. The topological polar surface area (TPSA) is 30.7 Å². The molecule has 2 aromatic heterocycles. The van der Waals surface area contributed by atoms with Crippen LogP contribution in [0.4, 0.5) is 0 Å². The van der Waals surface area contributed by atoms with Gasteiger partial charge in [0.2, 0.25) is 0 Å². The zero-order valence-corrected chi connectivity index (χ0v) is 15.1. The molecule has 122 valence electrons. The highest BCUT2D eigenvalue weighted by Gasteiger charge is 2.29. The molecule has 1 atom stereocenters. The maximum absolute atomic E-state index is 6.00. The molecule has 0 aliphatic heterocycles. The maximum atomic E-state index is 6.00. The van der Waals surface area contributed by atoms with E-state index >= 15 is 0 Å². The van der Waals surface area contributed by atoms with Crippen molar-refractivity contribution < 1.29 is 0 Å². The molecule has 0 amide bonds. The molecule has 0 aliphatic rings. The van der Waals surface area contributed by atoms with Gasteiger partial charge in [0.15, 0.2) is 5.13 Å². The molecule has 0 saturated carbocycles. The predicted octanol–water partition coefficient (Wildman–Crippen LogP) is 5.07. The SMILES string of the molecule is C#CC(C)(c1ccc(Cl)cc1)c1csc(-n2cnc3ccccc32)n1. The van der Waals surface area contributed by atoms with Crippen molar-refractivity contribution in [2.45, 2.75) is 12.3 Å². The van der Waals surface area contributed by atoms with E-state index in [1.807, 2.05) is 65.4 Å². The minimum Gasteiger partial charge on any atom is -0.274 e. The van der Waals surface area contributed by atoms with E-state index in [1.54, 1.807) is 17.7 Å². The van der Waals surface area contributed by atoms with Crippen molar-refractivity contribution in [1.82, 2.24) is 14.5 Å². The molecule has 25 heavy (non-hydrogen) atoms. The fraction of sp³-hybridized carbons (Fsp3) is 0.100. The van der Waals surface area contributed by atoms with Crippen LogP contribution in [0.2, 0.25) is 5.02 Å². The molecule has 0 aliphatic carbocycles. The number of hydrogen-bond donors (Lipinski definition) is 0. The molecule has 0 spiro atoms. The second-order valence-electron chi connectivity index (χ2n) is 5.89. The van der Waals surface area contributed by atoms with Crippen LogP contribution in [0.1, 0.15) is 18.2 Å². The molecule has 0 N–H and O–H groups in total. The van der Waals surface area contributed by atoms with Gasteiger partial charge in [-0.3, -0.25) is 4.57 Å². The van der Waals surface area contributed by atoms with Crippen LogP contribution in [0.3, 0.4) is 0 Å². The summed E-state index contributed by atoms with van der Waals surface area (Å²) in [5, 5.41) is 3.55. The van der Waals surface area contributed by atoms with Crippen LogP contribution in [0.15, 0.2) is 60.2 Å². The van der Waals surface area contributed by atoms with E-state index in [-0.39, 0.29) is 0 Å². The van der Waals surface area contributed by atoms with Crippen molar-refractivity contribution >= 4 is 34.0 Å². The lowest BCUT2D eigenvalue weighted by Crippen LogP contribution is -2.21. The van der Waals surface area contributed by atoms with Gasteiger partial charge in [0.1, 0.15) is 6.33 Å². The monoisotopic (exact) mass is 363 g/mol. The molecule has 0 radical (unpaired) electrons. The number of nitrogens with zero attached hydrogens (tertiary/aromatic N) is 3. The third kappa shape index (κ3) is 2.62. The number of imidazole rings is 1. The van der Waals surface area contributed by atoms with E-state index in [0.29, 0.717) is 5.02 Å². The molecule has 0 saturated heterocycles. The summed E-state index contributed by atoms with van der Waals surface area (Å²) in [5.41, 5.74) is 3.19. The Balaban J connectivity index is 1.80. The molecular formula is C20H14ClN3S. The van der Waals surface area contributed by atoms with Crippen molar-refractivity contribution in [3.05, 3.63) is 76.5 Å². The van der Waals surface area contributed by atoms with Gasteiger partial charge in [0.05, 0.1) is 22.1 Å². The maximum Gasteiger partial charge on any atom is 0.195 e. The van der Waals surface area contributed by atoms with Gasteiger partial charge in [-0.25, -0.2) is 9.97 Å². The Bertz CT molecular complexity index is 1090. The van der Waals surface area contributed by atoms with Crippen LogP contribution in [0.5, 0.6) is 0 Å². The number of hydrogen-bond acceptors (Lipinski definition) is 3. The largest absolute Gasteiger partial charge is 0.274 e. The molecule has 2 heterocycles. The highest BCUT2D eigenvalue weighted by Crippen LogP contribution is 2.34. The Morgan fingerprint density at radius 1 is 1.16 bits per heavy atom. The van der Waals surface area contributed by atoms with Gasteiger partial charge >= 0.3 is 0 Å². The summed E-state index contributed by atoms with van der Waals surface area (Å²) >= 11 is 7.56. The van der Waals surface area contributed by atoms with E-state index in [4.69, 9.17) is 23.0 Å². The van der Waals surface area contributed by atoms with E-state index < -0.39 is 5.41 Å². The zero-order chi connectivity index (χ0) is 17.4. The van der Waals surface area contributed by atoms with E-state index in [1.165, 1.54) is 0 Å². The Morgan fingerprint density at radius 2 is 1.92 bits per heavy atom. The summed E-state index contributed by atoms with van der Waals surface area (Å²) in [6, 6.07) is 15.6. The molecule has 2 aromatic carbocycles. The van der Waals surface area contributed by atoms with Gasteiger partial charge in [-0.2, -0.15) is 0 Å². The van der Waals surface area contributed by atoms with Gasteiger partial charge in [0, 0.05) is 10.4 Å². The minimum absolute atomic E-state index is 0.615. The summed E-state index contributed by atoms with van der Waals surface area (Å²) in [5.74, 6) is 2.90. The third-order valence-electron chi connectivity index (χ3n) is 4.37. The van der Waals surface area contributed by atoms with Crippen molar-refractivity contribution in [1.29, 1.82) is 0 Å². The Hall–Kier alpha value is -2.61. The second kappa shape index (κ2) is 6.03.